The molecule has 0 aromatic heterocycles. The molecule has 5 aliphatic rings. The summed E-state index contributed by atoms with van der Waals surface area (Å²) in [5.74, 6) is 3.61. The van der Waals surface area contributed by atoms with Crippen molar-refractivity contribution in [2.24, 2.45) is 51.1 Å². The Morgan fingerprint density at radius 3 is 2.15 bits per heavy atom. The molecule has 0 aromatic carbocycles. The van der Waals surface area contributed by atoms with Crippen LogP contribution in [0.4, 0.5) is 0 Å². The minimum absolute atomic E-state index is 0.196. The van der Waals surface area contributed by atoms with Crippen LogP contribution in [-0.4, -0.2) is 5.54 Å². The fraction of sp³-hybridized carbons (Fsp3) is 1.00. The highest BCUT2D eigenvalue weighted by molar-refractivity contribution is 5.19. The summed E-state index contributed by atoms with van der Waals surface area (Å²) in [7, 11) is 0. The van der Waals surface area contributed by atoms with Crippen LogP contribution in [0.3, 0.4) is 0 Å². The molecule has 5 rings (SSSR count). The van der Waals surface area contributed by atoms with Gasteiger partial charge in [0.1, 0.15) is 0 Å². The van der Waals surface area contributed by atoms with Crippen LogP contribution in [-0.2, 0) is 0 Å². The zero-order valence-electron chi connectivity index (χ0n) is 18.9. The highest BCUT2D eigenvalue weighted by Gasteiger charge is 2.68. The van der Waals surface area contributed by atoms with Crippen molar-refractivity contribution >= 4 is 0 Å². The summed E-state index contributed by atoms with van der Waals surface area (Å²) in [5.41, 5.74) is 9.41. The molecule has 0 bridgehead atoms. The summed E-state index contributed by atoms with van der Waals surface area (Å²) in [6, 6.07) is 0. The van der Waals surface area contributed by atoms with Crippen LogP contribution < -0.4 is 5.73 Å². The number of rotatable bonds is 0. The first-order valence-corrected chi connectivity index (χ1v) is 12.4. The van der Waals surface area contributed by atoms with Crippen LogP contribution in [0.2, 0.25) is 0 Å². The molecule has 0 aliphatic heterocycles. The molecule has 0 heterocycles. The van der Waals surface area contributed by atoms with Crippen molar-refractivity contribution in [3.63, 3.8) is 0 Å². The van der Waals surface area contributed by atoms with Gasteiger partial charge < -0.3 is 5.73 Å². The van der Waals surface area contributed by atoms with Gasteiger partial charge in [-0.3, -0.25) is 0 Å². The van der Waals surface area contributed by atoms with Crippen molar-refractivity contribution in [1.29, 1.82) is 0 Å². The Bertz CT molecular complexity index is 624. The molecular formula is C26H45N. The fourth-order valence-electron chi connectivity index (χ4n) is 10.7. The second-order valence-corrected chi connectivity index (χ2v) is 13.2. The maximum absolute atomic E-state index is 7.01. The van der Waals surface area contributed by atoms with Gasteiger partial charge in [0.05, 0.1) is 0 Å². The van der Waals surface area contributed by atoms with Gasteiger partial charge in [-0.25, -0.2) is 0 Å². The maximum atomic E-state index is 7.01. The normalized spacial score (nSPS) is 59.3. The van der Waals surface area contributed by atoms with Crippen LogP contribution in [0, 0.1) is 45.3 Å². The number of nitrogens with two attached hydrogens (primary N) is 1. The number of hydrogen-bond donors (Lipinski definition) is 1. The smallest absolute Gasteiger partial charge is 0.0185 e. The molecule has 2 N–H and O–H groups in total. The lowest BCUT2D eigenvalue weighted by Gasteiger charge is -2.72. The van der Waals surface area contributed by atoms with Crippen molar-refractivity contribution in [3.8, 4) is 0 Å². The van der Waals surface area contributed by atoms with Crippen molar-refractivity contribution in [1.82, 2.24) is 0 Å². The standard InChI is InChI=1S/C26H45N/c1-22(2)12-7-13-23(3)20(22)11-15-25(5)21(23)10-9-18-19-8-6-14-26(19,27)17-16-24(18,25)4/h18-21H,6-17,27H2,1-5H3/t18?,19?,20?,21?,23?,24-,25?,26?/m1/s1. The van der Waals surface area contributed by atoms with E-state index >= 15 is 0 Å². The lowest BCUT2D eigenvalue weighted by Crippen LogP contribution is -2.66. The summed E-state index contributed by atoms with van der Waals surface area (Å²) >= 11 is 0. The topological polar surface area (TPSA) is 26.0 Å². The van der Waals surface area contributed by atoms with Gasteiger partial charge in [-0.2, -0.15) is 0 Å². The zero-order valence-corrected chi connectivity index (χ0v) is 18.9. The first-order valence-electron chi connectivity index (χ1n) is 12.4. The summed E-state index contributed by atoms with van der Waals surface area (Å²) < 4.78 is 0. The van der Waals surface area contributed by atoms with E-state index in [4.69, 9.17) is 5.73 Å². The van der Waals surface area contributed by atoms with Gasteiger partial charge in [-0.15, -0.1) is 0 Å². The first-order chi connectivity index (χ1) is 12.6. The minimum atomic E-state index is 0.196. The molecule has 5 fully saturated rings. The molecule has 154 valence electrons. The Morgan fingerprint density at radius 1 is 0.593 bits per heavy atom. The Kier molecular flexibility index (Phi) is 3.90. The van der Waals surface area contributed by atoms with E-state index in [2.05, 4.69) is 34.6 Å². The van der Waals surface area contributed by atoms with E-state index < -0.39 is 0 Å². The quantitative estimate of drug-likeness (QED) is 0.490. The molecule has 0 aromatic rings. The van der Waals surface area contributed by atoms with Crippen LogP contribution in [0.15, 0.2) is 0 Å². The molecule has 27 heavy (non-hydrogen) atoms. The molecule has 1 heteroatoms. The number of fused-ring (bicyclic) bond motifs is 7. The van der Waals surface area contributed by atoms with Gasteiger partial charge in [0, 0.05) is 5.54 Å². The monoisotopic (exact) mass is 371 g/mol. The van der Waals surface area contributed by atoms with Crippen molar-refractivity contribution in [3.05, 3.63) is 0 Å². The molecule has 0 spiro atoms. The van der Waals surface area contributed by atoms with Gasteiger partial charge >= 0.3 is 0 Å². The molecule has 8 atom stereocenters. The third kappa shape index (κ3) is 2.22. The van der Waals surface area contributed by atoms with Gasteiger partial charge in [-0.1, -0.05) is 47.5 Å². The average molecular weight is 372 g/mol. The maximum Gasteiger partial charge on any atom is 0.0185 e. The Hall–Kier alpha value is -0.0400. The lowest BCUT2D eigenvalue weighted by molar-refractivity contribution is -0.227. The highest BCUT2D eigenvalue weighted by atomic mass is 14.8. The molecule has 7 unspecified atom stereocenters. The van der Waals surface area contributed by atoms with Gasteiger partial charge in [0.2, 0.25) is 0 Å². The molecule has 5 saturated carbocycles. The first kappa shape index (κ1) is 19.0. The third-order valence-corrected chi connectivity index (χ3v) is 12.2. The molecular weight excluding hydrogens is 326 g/mol. The van der Waals surface area contributed by atoms with Crippen molar-refractivity contribution in [2.75, 3.05) is 0 Å². The highest BCUT2D eigenvalue weighted by Crippen LogP contribution is 2.75. The van der Waals surface area contributed by atoms with Crippen LogP contribution in [0.25, 0.3) is 0 Å². The van der Waals surface area contributed by atoms with Gasteiger partial charge in [-0.05, 0) is 110 Å². The van der Waals surface area contributed by atoms with Crippen LogP contribution in [0.1, 0.15) is 112 Å². The Labute approximate surface area is 168 Å². The van der Waals surface area contributed by atoms with E-state index in [-0.39, 0.29) is 5.54 Å². The van der Waals surface area contributed by atoms with Gasteiger partial charge in [0.15, 0.2) is 0 Å². The molecule has 0 amide bonds. The fourth-order valence-corrected chi connectivity index (χ4v) is 10.7. The van der Waals surface area contributed by atoms with Crippen molar-refractivity contribution < 1.29 is 0 Å². The largest absolute Gasteiger partial charge is 0.325 e. The second kappa shape index (κ2) is 5.55. The second-order valence-electron chi connectivity index (χ2n) is 13.2. The van der Waals surface area contributed by atoms with E-state index in [0.717, 1.165) is 23.7 Å². The van der Waals surface area contributed by atoms with Crippen molar-refractivity contribution in [2.45, 2.75) is 117 Å². The Balaban J connectivity index is 1.54. The van der Waals surface area contributed by atoms with E-state index in [0.29, 0.717) is 21.7 Å². The van der Waals surface area contributed by atoms with Gasteiger partial charge in [0.25, 0.3) is 0 Å². The minimum Gasteiger partial charge on any atom is -0.325 e. The molecule has 1 nitrogen and oxygen atoms in total. The summed E-state index contributed by atoms with van der Waals surface area (Å²) in [6.45, 7) is 13.4. The molecule has 5 aliphatic carbocycles. The summed E-state index contributed by atoms with van der Waals surface area (Å²) in [6.07, 6.45) is 17.2. The van der Waals surface area contributed by atoms with E-state index in [1.165, 1.54) is 77.0 Å². The predicted octanol–water partition coefficient (Wildman–Crippen LogP) is 6.94. The third-order valence-electron chi connectivity index (χ3n) is 12.2. The SMILES string of the molecule is CC1(C)CCCC2(C)C1CCC1(C)C2CCC2C3CCCC3(N)CC[C@]21C. The van der Waals surface area contributed by atoms with E-state index in [9.17, 15) is 0 Å². The zero-order chi connectivity index (χ0) is 19.3. The molecule has 0 saturated heterocycles. The Morgan fingerprint density at radius 2 is 1.37 bits per heavy atom. The van der Waals surface area contributed by atoms with Crippen LogP contribution in [0.5, 0.6) is 0 Å². The summed E-state index contributed by atoms with van der Waals surface area (Å²) in [5, 5.41) is 0. The van der Waals surface area contributed by atoms with Crippen LogP contribution >= 0.6 is 0 Å². The number of hydrogen-bond acceptors (Lipinski definition) is 1. The average Bonchev–Trinajstić information content (AvgIpc) is 2.97. The van der Waals surface area contributed by atoms with E-state index in [1.54, 1.807) is 0 Å². The predicted molar refractivity (Wildman–Crippen MR) is 114 cm³/mol. The summed E-state index contributed by atoms with van der Waals surface area (Å²) in [4.78, 5) is 0. The lowest BCUT2D eigenvalue weighted by atomic mass is 9.33. The van der Waals surface area contributed by atoms with E-state index in [1.807, 2.05) is 0 Å². The molecule has 0 radical (unpaired) electrons.